The standard InChI is InChI=1S/C37H73NO4/c1-7-9-11-13-15-17-19-21-23-25-27-29-34(39)33(28-26-24-22-20-18-16-14-12-10-8-2)35(40)38-31-30-37(5,6)42-32-36(3,4)41/h33,41H,7-32H2,1-6H3,(H,38,40). The Morgan fingerprint density at radius 2 is 1.05 bits per heavy atom. The minimum Gasteiger partial charge on any atom is -0.388 e. The molecule has 42 heavy (non-hydrogen) atoms. The minimum atomic E-state index is -0.888. The van der Waals surface area contributed by atoms with Gasteiger partial charge in [0.15, 0.2) is 0 Å². The van der Waals surface area contributed by atoms with Gasteiger partial charge in [-0.15, -0.1) is 0 Å². The van der Waals surface area contributed by atoms with Crippen LogP contribution in [-0.4, -0.2) is 41.2 Å². The Labute approximate surface area is 262 Å². The number of ketones is 1. The number of hydrogen-bond donors (Lipinski definition) is 2. The molecule has 0 aliphatic heterocycles. The molecule has 1 unspecified atom stereocenters. The van der Waals surface area contributed by atoms with E-state index in [2.05, 4.69) is 19.2 Å². The number of hydrogen-bond acceptors (Lipinski definition) is 4. The van der Waals surface area contributed by atoms with Crippen LogP contribution in [0.4, 0.5) is 0 Å². The van der Waals surface area contributed by atoms with Crippen molar-refractivity contribution in [3.8, 4) is 0 Å². The first-order chi connectivity index (χ1) is 20.0. The first-order valence-corrected chi connectivity index (χ1v) is 18.2. The Morgan fingerprint density at radius 1 is 0.643 bits per heavy atom. The summed E-state index contributed by atoms with van der Waals surface area (Å²) in [6.45, 7) is 12.6. The molecule has 2 N–H and O–H groups in total. The number of Topliss-reactive ketones (excluding diaryl/α,β-unsaturated/α-hetero) is 1. The highest BCUT2D eigenvalue weighted by atomic mass is 16.5. The van der Waals surface area contributed by atoms with Crippen LogP contribution < -0.4 is 5.32 Å². The maximum atomic E-state index is 13.2. The van der Waals surface area contributed by atoms with Crippen molar-refractivity contribution in [1.82, 2.24) is 5.32 Å². The fourth-order valence-electron chi connectivity index (χ4n) is 5.47. The van der Waals surface area contributed by atoms with Crippen molar-refractivity contribution in [3.05, 3.63) is 0 Å². The molecule has 1 atom stereocenters. The van der Waals surface area contributed by atoms with Crippen LogP contribution in [0, 0.1) is 5.92 Å². The predicted octanol–water partition coefficient (Wildman–Crippen LogP) is 10.3. The SMILES string of the molecule is CCCCCCCCCCCCCC(=O)C(CCCCCCCCCCCC)C(=O)NCCC(C)(C)OCC(C)(C)O. The topological polar surface area (TPSA) is 75.6 Å². The van der Waals surface area contributed by atoms with E-state index in [9.17, 15) is 14.7 Å². The van der Waals surface area contributed by atoms with Crippen molar-refractivity contribution in [2.45, 2.75) is 207 Å². The molecule has 0 spiro atoms. The summed E-state index contributed by atoms with van der Waals surface area (Å²) in [5.41, 5.74) is -1.35. The van der Waals surface area contributed by atoms with Crippen molar-refractivity contribution in [2.75, 3.05) is 13.2 Å². The number of amides is 1. The highest BCUT2D eigenvalue weighted by Gasteiger charge is 2.27. The normalized spacial score (nSPS) is 12.9. The number of nitrogens with one attached hydrogen (secondary N) is 1. The second-order valence-corrected chi connectivity index (χ2v) is 14.2. The summed E-state index contributed by atoms with van der Waals surface area (Å²) in [6, 6.07) is 0. The largest absolute Gasteiger partial charge is 0.388 e. The molecule has 0 heterocycles. The second kappa shape index (κ2) is 26.5. The van der Waals surface area contributed by atoms with Crippen LogP contribution >= 0.6 is 0 Å². The van der Waals surface area contributed by atoms with Crippen molar-refractivity contribution >= 4 is 11.7 Å². The van der Waals surface area contributed by atoms with Gasteiger partial charge in [-0.3, -0.25) is 9.59 Å². The lowest BCUT2D eigenvalue weighted by molar-refractivity contribution is -0.134. The van der Waals surface area contributed by atoms with Crippen LogP contribution in [0.1, 0.15) is 196 Å². The Balaban J connectivity index is 4.50. The van der Waals surface area contributed by atoms with E-state index in [1.807, 2.05) is 13.8 Å². The molecule has 5 heteroatoms. The summed E-state index contributed by atoms with van der Waals surface area (Å²) in [7, 11) is 0. The zero-order chi connectivity index (χ0) is 31.5. The molecular formula is C37H73NO4. The fraction of sp³-hybridized carbons (Fsp3) is 0.946. The van der Waals surface area contributed by atoms with E-state index >= 15 is 0 Å². The molecule has 250 valence electrons. The predicted molar refractivity (Wildman–Crippen MR) is 180 cm³/mol. The van der Waals surface area contributed by atoms with Gasteiger partial charge in [-0.2, -0.15) is 0 Å². The van der Waals surface area contributed by atoms with E-state index in [4.69, 9.17) is 4.74 Å². The molecule has 0 aromatic heterocycles. The Bertz CT molecular complexity index is 640. The van der Waals surface area contributed by atoms with Crippen LogP contribution in [0.2, 0.25) is 0 Å². The quantitative estimate of drug-likeness (QED) is 0.0617. The Kier molecular flexibility index (Phi) is 25.9. The Morgan fingerprint density at radius 3 is 1.48 bits per heavy atom. The van der Waals surface area contributed by atoms with Crippen molar-refractivity contribution < 1.29 is 19.4 Å². The zero-order valence-electron chi connectivity index (χ0n) is 29.1. The van der Waals surface area contributed by atoms with Gasteiger partial charge in [-0.25, -0.2) is 0 Å². The van der Waals surface area contributed by atoms with E-state index in [0.717, 1.165) is 25.7 Å². The summed E-state index contributed by atoms with van der Waals surface area (Å²) in [5, 5.41) is 13.0. The lowest BCUT2D eigenvalue weighted by Crippen LogP contribution is -2.40. The van der Waals surface area contributed by atoms with Gasteiger partial charge in [0.2, 0.25) is 5.91 Å². The summed E-state index contributed by atoms with van der Waals surface area (Å²) in [5.74, 6) is -0.517. The summed E-state index contributed by atoms with van der Waals surface area (Å²) in [4.78, 5) is 26.4. The number of rotatable bonds is 31. The molecule has 5 nitrogen and oxygen atoms in total. The molecule has 0 bridgehead atoms. The average molecular weight is 596 g/mol. The van der Waals surface area contributed by atoms with Crippen LogP contribution in [0.5, 0.6) is 0 Å². The lowest BCUT2D eigenvalue weighted by atomic mass is 9.91. The van der Waals surface area contributed by atoms with Crippen LogP contribution in [0.15, 0.2) is 0 Å². The minimum absolute atomic E-state index is 0.114. The molecule has 0 aromatic carbocycles. The van der Waals surface area contributed by atoms with E-state index in [1.54, 1.807) is 13.8 Å². The molecule has 0 aliphatic rings. The molecule has 0 rings (SSSR count). The van der Waals surface area contributed by atoms with E-state index in [1.165, 1.54) is 109 Å². The van der Waals surface area contributed by atoms with Crippen LogP contribution in [-0.2, 0) is 14.3 Å². The van der Waals surface area contributed by atoms with Crippen LogP contribution in [0.3, 0.4) is 0 Å². The number of carbonyl (C=O) groups is 2. The molecule has 1 amide bonds. The summed E-state index contributed by atoms with van der Waals surface area (Å²) >= 11 is 0. The van der Waals surface area contributed by atoms with Crippen molar-refractivity contribution in [1.29, 1.82) is 0 Å². The van der Waals surface area contributed by atoms with Crippen molar-refractivity contribution in [2.24, 2.45) is 5.92 Å². The molecular weight excluding hydrogens is 522 g/mol. The highest BCUT2D eigenvalue weighted by molar-refractivity contribution is 6.01. The maximum Gasteiger partial charge on any atom is 0.230 e. The maximum absolute atomic E-state index is 13.2. The molecule has 0 saturated heterocycles. The van der Waals surface area contributed by atoms with Gasteiger partial charge in [0.1, 0.15) is 5.78 Å². The fourth-order valence-corrected chi connectivity index (χ4v) is 5.47. The number of ether oxygens (including phenoxy) is 1. The van der Waals surface area contributed by atoms with Crippen LogP contribution in [0.25, 0.3) is 0 Å². The first kappa shape index (κ1) is 41.1. The molecule has 0 aromatic rings. The summed E-state index contributed by atoms with van der Waals surface area (Å²) < 4.78 is 5.88. The number of aliphatic hydroxyl groups is 1. The number of carbonyl (C=O) groups excluding carboxylic acids is 2. The molecule has 0 aliphatic carbocycles. The second-order valence-electron chi connectivity index (χ2n) is 14.2. The molecule has 0 saturated carbocycles. The third kappa shape index (κ3) is 26.7. The zero-order valence-corrected chi connectivity index (χ0v) is 29.1. The average Bonchev–Trinajstić information content (AvgIpc) is 2.93. The molecule has 0 radical (unpaired) electrons. The third-order valence-corrected chi connectivity index (χ3v) is 8.42. The van der Waals surface area contributed by atoms with Gasteiger partial charge in [0.25, 0.3) is 0 Å². The van der Waals surface area contributed by atoms with Gasteiger partial charge in [-0.1, -0.05) is 142 Å². The Hall–Kier alpha value is -0.940. The lowest BCUT2D eigenvalue weighted by Gasteiger charge is -2.29. The molecule has 0 fully saturated rings. The monoisotopic (exact) mass is 596 g/mol. The van der Waals surface area contributed by atoms with Gasteiger partial charge >= 0.3 is 0 Å². The van der Waals surface area contributed by atoms with E-state index in [0.29, 0.717) is 25.8 Å². The first-order valence-electron chi connectivity index (χ1n) is 18.2. The van der Waals surface area contributed by atoms with E-state index in [-0.39, 0.29) is 18.3 Å². The van der Waals surface area contributed by atoms with Gasteiger partial charge in [0.05, 0.1) is 23.7 Å². The van der Waals surface area contributed by atoms with Crippen molar-refractivity contribution in [3.63, 3.8) is 0 Å². The summed E-state index contributed by atoms with van der Waals surface area (Å²) in [6.07, 6.45) is 28.1. The van der Waals surface area contributed by atoms with E-state index < -0.39 is 17.1 Å². The smallest absolute Gasteiger partial charge is 0.230 e. The van der Waals surface area contributed by atoms with Gasteiger partial charge < -0.3 is 15.2 Å². The van der Waals surface area contributed by atoms with Gasteiger partial charge in [-0.05, 0) is 47.0 Å². The highest BCUT2D eigenvalue weighted by Crippen LogP contribution is 2.20. The third-order valence-electron chi connectivity index (χ3n) is 8.42. The number of unbranched alkanes of at least 4 members (excludes halogenated alkanes) is 19. The van der Waals surface area contributed by atoms with Gasteiger partial charge in [0, 0.05) is 13.0 Å².